The molecule has 0 amide bonds. The van der Waals surface area contributed by atoms with Crippen molar-refractivity contribution in [3.63, 3.8) is 0 Å². The molecule has 4 nitrogen and oxygen atoms in total. The van der Waals surface area contributed by atoms with Crippen LogP contribution < -0.4 is 0 Å². The molecule has 2 N–H and O–H groups in total. The van der Waals surface area contributed by atoms with E-state index < -0.39 is 12.2 Å². The van der Waals surface area contributed by atoms with Gasteiger partial charge in [-0.25, -0.2) is 0 Å². The predicted molar refractivity (Wildman–Crippen MR) is 52.7 cm³/mol. The molecule has 14 heavy (non-hydrogen) atoms. The van der Waals surface area contributed by atoms with Crippen LogP contribution in [-0.4, -0.2) is 41.9 Å². The summed E-state index contributed by atoms with van der Waals surface area (Å²) in [5.74, 6) is 0. The lowest BCUT2D eigenvalue weighted by Gasteiger charge is -2.13. The van der Waals surface area contributed by atoms with Gasteiger partial charge in [0.15, 0.2) is 0 Å². The van der Waals surface area contributed by atoms with Crippen molar-refractivity contribution in [2.75, 3.05) is 13.2 Å². The summed E-state index contributed by atoms with van der Waals surface area (Å²) in [6, 6.07) is 0. The maximum Gasteiger partial charge on any atom is 0.229 e. The zero-order chi connectivity index (χ0) is 10.8. The molecule has 0 spiro atoms. The van der Waals surface area contributed by atoms with Gasteiger partial charge in [0.25, 0.3) is 0 Å². The minimum Gasteiger partial charge on any atom is -0.394 e. The molecule has 4 heteroatoms. The van der Waals surface area contributed by atoms with Crippen molar-refractivity contribution in [3.8, 4) is 0 Å². The van der Waals surface area contributed by atoms with Gasteiger partial charge in [0, 0.05) is 0 Å². The average molecular weight is 203 g/mol. The second kappa shape index (κ2) is 9.12. The van der Waals surface area contributed by atoms with Gasteiger partial charge in [-0.1, -0.05) is 26.2 Å². The first kappa shape index (κ1) is 13.5. The summed E-state index contributed by atoms with van der Waals surface area (Å²) < 4.78 is 5.06. The highest BCUT2D eigenvalue weighted by Crippen LogP contribution is 2.05. The van der Waals surface area contributed by atoms with Crippen LogP contribution in [0.25, 0.3) is 0 Å². The Morgan fingerprint density at radius 1 is 1.43 bits per heavy atom. The molecule has 0 bridgehead atoms. The van der Waals surface area contributed by atoms with E-state index in [0.29, 0.717) is 6.42 Å². The molecule has 0 saturated carbocycles. The Balaban J connectivity index is 3.52. The lowest BCUT2D eigenvalue weighted by molar-refractivity contribution is -0.0112. The molecule has 0 aromatic rings. The smallest absolute Gasteiger partial charge is 0.229 e. The fourth-order valence-corrected chi connectivity index (χ4v) is 1.04. The first-order valence-corrected chi connectivity index (χ1v) is 5.02. The van der Waals surface area contributed by atoms with Crippen LogP contribution in [0.5, 0.6) is 0 Å². The molecule has 1 radical (unpaired) electrons. The van der Waals surface area contributed by atoms with E-state index in [1.54, 1.807) is 6.29 Å². The number of carbonyl (C=O) groups excluding carboxylic acids is 1. The zero-order valence-electron chi connectivity index (χ0n) is 8.61. The Hall–Kier alpha value is -0.450. The van der Waals surface area contributed by atoms with Crippen LogP contribution >= 0.6 is 0 Å². The normalized spacial score (nSPS) is 15.1. The standard InChI is InChI=1S/C10H19O4/c1-2-3-4-5-10(7-12)14-8-9(13)6-11/h9-11,13H,2-6,8H2,1H3. The molecule has 0 aromatic carbocycles. The van der Waals surface area contributed by atoms with Crippen molar-refractivity contribution in [1.29, 1.82) is 0 Å². The molecule has 0 aliphatic heterocycles. The summed E-state index contributed by atoms with van der Waals surface area (Å²) in [5.41, 5.74) is 0. The topological polar surface area (TPSA) is 66.8 Å². The summed E-state index contributed by atoms with van der Waals surface area (Å²) in [6.07, 6.45) is 4.01. The summed E-state index contributed by atoms with van der Waals surface area (Å²) >= 11 is 0. The van der Waals surface area contributed by atoms with Crippen molar-refractivity contribution in [2.24, 2.45) is 0 Å². The van der Waals surface area contributed by atoms with Crippen molar-refractivity contribution in [3.05, 3.63) is 0 Å². The fraction of sp³-hybridized carbons (Fsp3) is 0.900. The maximum atomic E-state index is 10.4. The summed E-state index contributed by atoms with van der Waals surface area (Å²) in [5, 5.41) is 17.5. The largest absolute Gasteiger partial charge is 0.394 e. The van der Waals surface area contributed by atoms with E-state index in [-0.39, 0.29) is 13.2 Å². The Bertz CT molecular complexity index is 138. The molecule has 0 saturated heterocycles. The van der Waals surface area contributed by atoms with Gasteiger partial charge >= 0.3 is 0 Å². The third-order valence-corrected chi connectivity index (χ3v) is 1.90. The lowest BCUT2D eigenvalue weighted by atomic mass is 10.1. The van der Waals surface area contributed by atoms with Gasteiger partial charge < -0.3 is 14.9 Å². The molecule has 0 rings (SSSR count). The SMILES string of the molecule is CCCCCC([C]=O)OCC(O)CO. The van der Waals surface area contributed by atoms with Crippen LogP contribution in [0, 0.1) is 0 Å². The average Bonchev–Trinajstić information content (AvgIpc) is 2.22. The van der Waals surface area contributed by atoms with Gasteiger partial charge in [0.05, 0.1) is 13.2 Å². The number of aliphatic hydroxyl groups excluding tert-OH is 2. The molecule has 0 aliphatic rings. The van der Waals surface area contributed by atoms with Crippen molar-refractivity contribution in [1.82, 2.24) is 0 Å². The number of hydrogen-bond donors (Lipinski definition) is 2. The third kappa shape index (κ3) is 7.00. The van der Waals surface area contributed by atoms with E-state index >= 15 is 0 Å². The Kier molecular flexibility index (Phi) is 8.83. The number of unbranched alkanes of at least 4 members (excludes halogenated alkanes) is 2. The second-order valence-corrected chi connectivity index (χ2v) is 3.27. The first-order valence-electron chi connectivity index (χ1n) is 5.02. The van der Waals surface area contributed by atoms with Gasteiger partial charge in [-0.3, -0.25) is 4.79 Å². The van der Waals surface area contributed by atoms with E-state index in [2.05, 4.69) is 6.92 Å². The van der Waals surface area contributed by atoms with E-state index in [1.165, 1.54) is 0 Å². The van der Waals surface area contributed by atoms with Crippen LogP contribution in [0.2, 0.25) is 0 Å². The van der Waals surface area contributed by atoms with Gasteiger partial charge in [-0.05, 0) is 6.42 Å². The molecule has 0 heterocycles. The van der Waals surface area contributed by atoms with Gasteiger partial charge in [-0.15, -0.1) is 0 Å². The highest BCUT2D eigenvalue weighted by Gasteiger charge is 2.10. The first-order chi connectivity index (χ1) is 6.74. The van der Waals surface area contributed by atoms with Crippen LogP contribution in [0.1, 0.15) is 32.6 Å². The number of ether oxygens (including phenoxy) is 1. The quantitative estimate of drug-likeness (QED) is 0.533. The van der Waals surface area contributed by atoms with Crippen LogP contribution in [-0.2, 0) is 9.53 Å². The second-order valence-electron chi connectivity index (χ2n) is 3.27. The Labute approximate surface area is 84.9 Å². The monoisotopic (exact) mass is 203 g/mol. The molecule has 2 atom stereocenters. The molecule has 83 valence electrons. The molecular weight excluding hydrogens is 184 g/mol. The molecule has 0 aliphatic carbocycles. The van der Waals surface area contributed by atoms with Gasteiger partial charge in [0.1, 0.15) is 12.2 Å². The van der Waals surface area contributed by atoms with Crippen molar-refractivity contribution >= 4 is 6.29 Å². The minimum absolute atomic E-state index is 0.0114. The fourth-order valence-electron chi connectivity index (χ4n) is 1.04. The van der Waals surface area contributed by atoms with E-state index in [0.717, 1.165) is 19.3 Å². The van der Waals surface area contributed by atoms with Gasteiger partial charge in [-0.2, -0.15) is 0 Å². The predicted octanol–water partition coefficient (Wildman–Crippen LogP) is 0.415. The van der Waals surface area contributed by atoms with Gasteiger partial charge in [0.2, 0.25) is 6.29 Å². The Morgan fingerprint density at radius 2 is 2.14 bits per heavy atom. The summed E-state index contributed by atoms with van der Waals surface area (Å²) in [6.45, 7) is 1.72. The lowest BCUT2D eigenvalue weighted by Crippen LogP contribution is -2.25. The zero-order valence-corrected chi connectivity index (χ0v) is 8.61. The number of aliphatic hydroxyl groups is 2. The van der Waals surface area contributed by atoms with E-state index in [9.17, 15) is 4.79 Å². The minimum atomic E-state index is -0.906. The highest BCUT2D eigenvalue weighted by molar-refractivity contribution is 5.56. The van der Waals surface area contributed by atoms with Crippen molar-refractivity contribution < 1.29 is 19.7 Å². The van der Waals surface area contributed by atoms with Crippen LogP contribution in [0.4, 0.5) is 0 Å². The maximum absolute atomic E-state index is 10.4. The third-order valence-electron chi connectivity index (χ3n) is 1.90. The number of hydrogen-bond acceptors (Lipinski definition) is 4. The van der Waals surface area contributed by atoms with Crippen LogP contribution in [0.15, 0.2) is 0 Å². The molecular formula is C10H19O4. The molecule has 0 aromatic heterocycles. The van der Waals surface area contributed by atoms with Crippen LogP contribution in [0.3, 0.4) is 0 Å². The molecule has 2 unspecified atom stereocenters. The highest BCUT2D eigenvalue weighted by atomic mass is 16.5. The van der Waals surface area contributed by atoms with Crippen molar-refractivity contribution in [2.45, 2.75) is 44.8 Å². The summed E-state index contributed by atoms with van der Waals surface area (Å²) in [7, 11) is 0. The van der Waals surface area contributed by atoms with E-state index in [4.69, 9.17) is 14.9 Å². The molecule has 0 fully saturated rings. The van der Waals surface area contributed by atoms with E-state index in [1.807, 2.05) is 0 Å². The Morgan fingerprint density at radius 3 is 2.64 bits per heavy atom. The number of rotatable bonds is 9. The summed E-state index contributed by atoms with van der Waals surface area (Å²) in [4.78, 5) is 10.4.